The van der Waals surface area contributed by atoms with Crippen LogP contribution in [-0.2, 0) is 9.84 Å². The van der Waals surface area contributed by atoms with Crippen molar-refractivity contribution < 1.29 is 13.2 Å². The van der Waals surface area contributed by atoms with E-state index in [4.69, 9.17) is 0 Å². The van der Waals surface area contributed by atoms with Gasteiger partial charge >= 0.3 is 0 Å². The van der Waals surface area contributed by atoms with Gasteiger partial charge in [-0.1, -0.05) is 30.3 Å². The van der Waals surface area contributed by atoms with Crippen molar-refractivity contribution in [3.05, 3.63) is 65.9 Å². The molecule has 21 heavy (non-hydrogen) atoms. The monoisotopic (exact) mass is 295 g/mol. The summed E-state index contributed by atoms with van der Waals surface area (Å²) in [7, 11) is -3.71. The SMILES string of the molecule is O=C1c2ccccc2S(=O)(=O)c2cnc3ccccc3c21. The summed E-state index contributed by atoms with van der Waals surface area (Å²) >= 11 is 0. The molecule has 0 atom stereocenters. The summed E-state index contributed by atoms with van der Waals surface area (Å²) in [6, 6.07) is 13.3. The first-order chi connectivity index (χ1) is 10.1. The van der Waals surface area contributed by atoms with Gasteiger partial charge in [0, 0.05) is 17.1 Å². The molecule has 2 heterocycles. The van der Waals surface area contributed by atoms with E-state index in [-0.39, 0.29) is 26.7 Å². The Labute approximate surface area is 121 Å². The number of ketones is 1. The lowest BCUT2D eigenvalue weighted by atomic mass is 9.99. The molecular formula is C16H9NO3S. The van der Waals surface area contributed by atoms with Gasteiger partial charge in [0.2, 0.25) is 9.84 Å². The minimum Gasteiger partial charge on any atom is -0.288 e. The maximum Gasteiger partial charge on any atom is 0.209 e. The maximum absolute atomic E-state index is 12.7. The van der Waals surface area contributed by atoms with Crippen LogP contribution in [-0.4, -0.2) is 19.2 Å². The van der Waals surface area contributed by atoms with Crippen LogP contribution in [0.25, 0.3) is 10.9 Å². The molecule has 0 bridgehead atoms. The molecule has 0 radical (unpaired) electrons. The molecule has 0 amide bonds. The first-order valence-electron chi connectivity index (χ1n) is 6.37. The molecule has 1 aromatic heterocycles. The molecule has 1 aliphatic rings. The molecule has 4 rings (SSSR count). The standard InChI is InChI=1S/C16H9NO3S/c18-16-11-6-2-4-8-13(11)21(19,20)14-9-17-12-7-3-1-5-10(12)15(14)16/h1-9H. The van der Waals surface area contributed by atoms with E-state index in [1.54, 1.807) is 42.5 Å². The van der Waals surface area contributed by atoms with E-state index in [0.29, 0.717) is 10.9 Å². The molecule has 0 N–H and O–H groups in total. The predicted octanol–water partition coefficient (Wildman–Crippen LogP) is 2.61. The number of nitrogens with zero attached hydrogens (tertiary/aromatic N) is 1. The average molecular weight is 295 g/mol. The molecule has 5 heteroatoms. The van der Waals surface area contributed by atoms with Crippen molar-refractivity contribution in [1.82, 2.24) is 4.98 Å². The van der Waals surface area contributed by atoms with Crippen molar-refractivity contribution in [2.45, 2.75) is 9.79 Å². The van der Waals surface area contributed by atoms with Gasteiger partial charge in [0.25, 0.3) is 0 Å². The van der Waals surface area contributed by atoms with Crippen molar-refractivity contribution >= 4 is 26.5 Å². The van der Waals surface area contributed by atoms with Gasteiger partial charge in [0.05, 0.1) is 16.0 Å². The van der Waals surface area contributed by atoms with Gasteiger partial charge in [-0.05, 0) is 18.2 Å². The highest BCUT2D eigenvalue weighted by atomic mass is 32.2. The summed E-state index contributed by atoms with van der Waals surface area (Å²) in [5.74, 6) is -0.269. The summed E-state index contributed by atoms with van der Waals surface area (Å²) in [5, 5.41) is 0.568. The Bertz CT molecular complexity index is 1020. The van der Waals surface area contributed by atoms with Gasteiger partial charge in [-0.15, -0.1) is 0 Å². The summed E-state index contributed by atoms with van der Waals surface area (Å²) < 4.78 is 25.4. The van der Waals surface area contributed by atoms with Gasteiger partial charge in [-0.25, -0.2) is 8.42 Å². The van der Waals surface area contributed by atoms with E-state index in [9.17, 15) is 13.2 Å². The van der Waals surface area contributed by atoms with Crippen LogP contribution in [0.15, 0.2) is 64.5 Å². The third kappa shape index (κ3) is 1.52. The smallest absolute Gasteiger partial charge is 0.209 e. The summed E-state index contributed by atoms with van der Waals surface area (Å²) in [5.41, 5.74) is 1.06. The Morgan fingerprint density at radius 2 is 1.57 bits per heavy atom. The molecule has 2 aromatic carbocycles. The number of fused-ring (bicyclic) bond motifs is 4. The topological polar surface area (TPSA) is 64.1 Å². The molecule has 0 saturated carbocycles. The lowest BCUT2D eigenvalue weighted by Gasteiger charge is -2.19. The predicted molar refractivity (Wildman–Crippen MR) is 77.1 cm³/mol. The zero-order valence-electron chi connectivity index (χ0n) is 10.8. The molecule has 0 saturated heterocycles. The molecule has 102 valence electrons. The molecule has 0 spiro atoms. The Morgan fingerprint density at radius 3 is 2.43 bits per heavy atom. The van der Waals surface area contributed by atoms with Gasteiger partial charge in [0.1, 0.15) is 4.90 Å². The van der Waals surface area contributed by atoms with Crippen LogP contribution in [0.3, 0.4) is 0 Å². The molecule has 1 aliphatic heterocycles. The first-order valence-corrected chi connectivity index (χ1v) is 7.85. The zero-order chi connectivity index (χ0) is 14.6. The number of pyridine rings is 1. The van der Waals surface area contributed by atoms with Gasteiger partial charge in [-0.3, -0.25) is 9.78 Å². The van der Waals surface area contributed by atoms with Crippen molar-refractivity contribution in [3.8, 4) is 0 Å². The fraction of sp³-hybridized carbons (Fsp3) is 0. The molecule has 0 fully saturated rings. The van der Waals surface area contributed by atoms with Gasteiger partial charge < -0.3 is 0 Å². The van der Waals surface area contributed by atoms with Gasteiger partial charge in [-0.2, -0.15) is 0 Å². The van der Waals surface area contributed by atoms with E-state index in [2.05, 4.69) is 4.98 Å². The maximum atomic E-state index is 12.7. The molecular weight excluding hydrogens is 286 g/mol. The van der Waals surface area contributed by atoms with Crippen LogP contribution in [0.5, 0.6) is 0 Å². The second-order valence-electron chi connectivity index (χ2n) is 4.84. The quantitative estimate of drug-likeness (QED) is 0.500. The highest BCUT2D eigenvalue weighted by molar-refractivity contribution is 7.91. The van der Waals surface area contributed by atoms with Crippen LogP contribution in [0.2, 0.25) is 0 Å². The van der Waals surface area contributed by atoms with E-state index in [1.165, 1.54) is 12.3 Å². The van der Waals surface area contributed by atoms with Crippen molar-refractivity contribution in [2.24, 2.45) is 0 Å². The van der Waals surface area contributed by atoms with E-state index < -0.39 is 9.84 Å². The Kier molecular flexibility index (Phi) is 2.32. The molecule has 0 aliphatic carbocycles. The van der Waals surface area contributed by atoms with Crippen LogP contribution in [0, 0.1) is 0 Å². The number of aromatic nitrogens is 1. The number of para-hydroxylation sites is 1. The highest BCUT2D eigenvalue weighted by Gasteiger charge is 2.35. The Hall–Kier alpha value is -2.53. The lowest BCUT2D eigenvalue weighted by Crippen LogP contribution is -2.20. The number of carbonyl (C=O) groups is 1. The number of carbonyl (C=O) groups excluding carboxylic acids is 1. The van der Waals surface area contributed by atoms with Crippen LogP contribution in [0.1, 0.15) is 15.9 Å². The summed E-state index contributed by atoms with van der Waals surface area (Å²) in [4.78, 5) is 16.9. The summed E-state index contributed by atoms with van der Waals surface area (Å²) in [6.45, 7) is 0. The second kappa shape index (κ2) is 3.99. The average Bonchev–Trinajstić information content (AvgIpc) is 2.52. The largest absolute Gasteiger partial charge is 0.288 e. The lowest BCUT2D eigenvalue weighted by molar-refractivity contribution is 0.103. The molecule has 3 aromatic rings. The number of hydrogen-bond donors (Lipinski definition) is 0. The number of hydrogen-bond acceptors (Lipinski definition) is 4. The van der Waals surface area contributed by atoms with Crippen molar-refractivity contribution in [1.29, 1.82) is 0 Å². The third-order valence-corrected chi connectivity index (χ3v) is 5.50. The second-order valence-corrected chi connectivity index (χ2v) is 6.73. The van der Waals surface area contributed by atoms with E-state index in [0.717, 1.165) is 0 Å². The van der Waals surface area contributed by atoms with Crippen molar-refractivity contribution in [2.75, 3.05) is 0 Å². The van der Waals surface area contributed by atoms with Crippen LogP contribution in [0.4, 0.5) is 0 Å². The van der Waals surface area contributed by atoms with E-state index in [1.807, 2.05) is 0 Å². The van der Waals surface area contributed by atoms with Gasteiger partial charge in [0.15, 0.2) is 5.78 Å². The first kappa shape index (κ1) is 12.2. The minimum atomic E-state index is -3.71. The summed E-state index contributed by atoms with van der Waals surface area (Å²) in [6.07, 6.45) is 1.28. The Balaban J connectivity index is 2.22. The number of rotatable bonds is 0. The number of sulfone groups is 1. The van der Waals surface area contributed by atoms with Crippen LogP contribution >= 0.6 is 0 Å². The molecule has 4 nitrogen and oxygen atoms in total. The highest BCUT2D eigenvalue weighted by Crippen LogP contribution is 2.36. The third-order valence-electron chi connectivity index (χ3n) is 3.68. The zero-order valence-corrected chi connectivity index (χ0v) is 11.6. The Morgan fingerprint density at radius 1 is 0.857 bits per heavy atom. The minimum absolute atomic E-state index is 0.00935. The van der Waals surface area contributed by atoms with Crippen molar-refractivity contribution in [3.63, 3.8) is 0 Å². The molecule has 0 unspecified atom stereocenters. The fourth-order valence-corrected chi connectivity index (χ4v) is 4.31. The normalized spacial score (nSPS) is 15.5. The fourth-order valence-electron chi connectivity index (χ4n) is 2.70. The number of benzene rings is 2. The van der Waals surface area contributed by atoms with E-state index >= 15 is 0 Å². The van der Waals surface area contributed by atoms with Crippen LogP contribution < -0.4 is 0 Å².